The topological polar surface area (TPSA) is 318 Å². The summed E-state index contributed by atoms with van der Waals surface area (Å²) >= 11 is 12.2. The first-order chi connectivity index (χ1) is 23.8. The van der Waals surface area contributed by atoms with Crippen molar-refractivity contribution in [1.82, 2.24) is 9.55 Å². The SMILES string of the molecule is Cc1cn([C@H]2CC(O)[C@@H](COP(=O)([O-])OP(=O)([O-])OP(=O)([O-])OP(=O)(O)Oc3ccc4c(c3)C(C)(C)C3=C(Cl)C(=O)C(Cl)=CC3=N4)O2)c(=O)[nH]c1=O. The normalized spacial score (nSPS) is 25.8. The molecule has 2 aliphatic heterocycles. The van der Waals surface area contributed by atoms with Gasteiger partial charge in [-0.15, -0.1) is 0 Å². The number of H-pyrrole nitrogens is 1. The highest BCUT2D eigenvalue weighted by molar-refractivity contribution is 7.68. The number of aliphatic imine (C=N–C) groups is 1. The third-order valence-electron chi connectivity index (χ3n) is 7.54. The van der Waals surface area contributed by atoms with Gasteiger partial charge in [0.1, 0.15) is 18.1 Å². The van der Waals surface area contributed by atoms with Crippen LogP contribution in [0.3, 0.4) is 0 Å². The van der Waals surface area contributed by atoms with E-state index in [4.69, 9.17) is 32.5 Å². The van der Waals surface area contributed by atoms with Crippen molar-refractivity contribution in [3.05, 3.63) is 78.1 Å². The Hall–Kier alpha value is -2.38. The standard InChI is InChI=1S/C25H27Cl2N3O18P4/c1-11-9-30(24(34)29-23(11)33)19-8-17(31)18(44-19)10-43-49(35,36)46-51(39,40)48-52(41,42)47-50(37,38)45-12-4-5-15-13(6-12)25(2,3)20-16(28-15)7-14(26)22(32)21(20)27/h4-7,9,17-19,31H,8,10H2,1-3H3,(H,35,36)(H,37,38)(H,39,40)(H,41,42)(H,29,33,34)/p-3/t17?,18-,19-/m1/s1. The third-order valence-corrected chi connectivity index (χ3v) is 13.9. The molecule has 0 saturated carbocycles. The quantitative estimate of drug-likeness (QED) is 0.202. The van der Waals surface area contributed by atoms with E-state index < -0.39 is 84.5 Å². The molecule has 7 atom stereocenters. The highest BCUT2D eigenvalue weighted by Gasteiger charge is 2.42. The molecule has 5 rings (SSSR count). The minimum Gasteiger partial charge on any atom is -0.756 e. The van der Waals surface area contributed by atoms with Gasteiger partial charge in [-0.2, -0.15) is 0 Å². The number of aliphatic hydroxyl groups is 1. The van der Waals surface area contributed by atoms with Gasteiger partial charge < -0.3 is 33.6 Å². The summed E-state index contributed by atoms with van der Waals surface area (Å²) < 4.78 is 75.9. The number of hydrogen-bond acceptors (Lipinski definition) is 18. The van der Waals surface area contributed by atoms with Crippen LogP contribution in [0, 0.1) is 6.92 Å². The summed E-state index contributed by atoms with van der Waals surface area (Å²) in [5.41, 5.74) is -1.51. The number of hydrogen-bond donors (Lipinski definition) is 3. The number of ketones is 1. The van der Waals surface area contributed by atoms with E-state index in [-0.39, 0.29) is 44.6 Å². The van der Waals surface area contributed by atoms with Crippen molar-refractivity contribution in [3.63, 3.8) is 0 Å². The molecular formula is C25H24Cl2N3O18P4-3. The summed E-state index contributed by atoms with van der Waals surface area (Å²) in [6, 6.07) is 3.50. The Kier molecular flexibility index (Phi) is 11.3. The molecule has 1 aromatic heterocycles. The Morgan fingerprint density at radius 3 is 2.37 bits per heavy atom. The third kappa shape index (κ3) is 8.94. The summed E-state index contributed by atoms with van der Waals surface area (Å²) in [5, 5.41) is 9.82. The average molecular weight is 849 g/mol. The Morgan fingerprint density at radius 1 is 1.06 bits per heavy atom. The molecular weight excluding hydrogens is 825 g/mol. The maximum absolute atomic E-state index is 12.6. The van der Waals surface area contributed by atoms with E-state index in [9.17, 15) is 57.3 Å². The second-order valence-electron chi connectivity index (χ2n) is 11.7. The molecule has 3 N–H and O–H groups in total. The largest absolute Gasteiger partial charge is 0.756 e. The van der Waals surface area contributed by atoms with Crippen molar-refractivity contribution in [2.24, 2.45) is 4.99 Å². The molecule has 27 heteroatoms. The van der Waals surface area contributed by atoms with Gasteiger partial charge in [0, 0.05) is 29.2 Å². The molecule has 2 aromatic rings. The fourth-order valence-corrected chi connectivity index (χ4v) is 10.7. The fraction of sp³-hybridized carbons (Fsp3) is 0.360. The summed E-state index contributed by atoms with van der Waals surface area (Å²) in [7, 11) is -24.9. The summed E-state index contributed by atoms with van der Waals surface area (Å²) in [6.45, 7) is 3.51. The molecule has 3 heterocycles. The number of carbonyl (C=O) groups excluding carboxylic acids is 1. The predicted molar refractivity (Wildman–Crippen MR) is 171 cm³/mol. The van der Waals surface area contributed by atoms with Crippen LogP contribution in [0.15, 0.2) is 60.7 Å². The van der Waals surface area contributed by atoms with Crippen LogP contribution in [0.5, 0.6) is 5.75 Å². The zero-order chi connectivity index (χ0) is 38.8. The molecule has 284 valence electrons. The van der Waals surface area contributed by atoms with Gasteiger partial charge in [0.15, 0.2) is 0 Å². The Balaban J connectivity index is 1.21. The minimum absolute atomic E-state index is 0.105. The number of benzene rings is 1. The van der Waals surface area contributed by atoms with Crippen LogP contribution in [0.2, 0.25) is 0 Å². The maximum Gasteiger partial charge on any atom is 0.534 e. The van der Waals surface area contributed by atoms with E-state index in [2.05, 4.69) is 22.4 Å². The van der Waals surface area contributed by atoms with E-state index in [1.807, 2.05) is 4.98 Å². The van der Waals surface area contributed by atoms with Gasteiger partial charge in [0.05, 0.1) is 34.2 Å². The van der Waals surface area contributed by atoms with Gasteiger partial charge in [0.2, 0.25) is 5.78 Å². The summed E-state index contributed by atoms with van der Waals surface area (Å²) in [4.78, 5) is 89.2. The molecule has 1 aliphatic carbocycles. The lowest BCUT2D eigenvalue weighted by Gasteiger charge is -2.36. The lowest BCUT2D eigenvalue weighted by molar-refractivity contribution is -0.249. The molecule has 3 aliphatic rings. The van der Waals surface area contributed by atoms with E-state index >= 15 is 0 Å². The first-order valence-corrected chi connectivity index (χ1v) is 20.9. The predicted octanol–water partition coefficient (Wildman–Crippen LogP) is 1.71. The minimum atomic E-state index is -6.52. The molecule has 52 heavy (non-hydrogen) atoms. The van der Waals surface area contributed by atoms with Crippen molar-refractivity contribution >= 4 is 71.7 Å². The van der Waals surface area contributed by atoms with Crippen LogP contribution in [-0.4, -0.2) is 49.9 Å². The molecule has 5 unspecified atom stereocenters. The first-order valence-electron chi connectivity index (χ1n) is 14.3. The van der Waals surface area contributed by atoms with Crippen LogP contribution in [0.4, 0.5) is 5.69 Å². The van der Waals surface area contributed by atoms with Crippen molar-refractivity contribution in [3.8, 4) is 5.75 Å². The Labute approximate surface area is 301 Å². The second kappa shape index (κ2) is 14.4. The van der Waals surface area contributed by atoms with E-state index in [0.29, 0.717) is 0 Å². The Morgan fingerprint density at radius 2 is 1.69 bits per heavy atom. The molecule has 21 nitrogen and oxygen atoms in total. The van der Waals surface area contributed by atoms with Crippen LogP contribution in [0.25, 0.3) is 0 Å². The maximum atomic E-state index is 12.6. The Bertz CT molecular complexity index is 2270. The number of carbonyl (C=O) groups is 1. The van der Waals surface area contributed by atoms with E-state index in [1.165, 1.54) is 19.1 Å². The monoisotopic (exact) mass is 848 g/mol. The van der Waals surface area contributed by atoms with E-state index in [1.54, 1.807) is 13.8 Å². The highest BCUT2D eigenvalue weighted by Crippen LogP contribution is 2.67. The number of allylic oxidation sites excluding steroid dienone is 4. The number of nitrogens with one attached hydrogen (secondary N) is 1. The van der Waals surface area contributed by atoms with Gasteiger partial charge in [-0.1, -0.05) is 37.0 Å². The van der Waals surface area contributed by atoms with E-state index in [0.717, 1.165) is 22.9 Å². The number of Topliss-reactive ketones (excluding diaryl/α,β-unsaturated/α-hetero) is 1. The van der Waals surface area contributed by atoms with Crippen LogP contribution in [0.1, 0.15) is 37.6 Å². The molecule has 1 saturated heterocycles. The number of fused-ring (bicyclic) bond motifs is 2. The lowest BCUT2D eigenvalue weighted by atomic mass is 9.71. The van der Waals surface area contributed by atoms with Crippen molar-refractivity contribution in [2.45, 2.75) is 51.0 Å². The van der Waals surface area contributed by atoms with Crippen LogP contribution in [-0.2, 0) is 50.7 Å². The number of aliphatic hydroxyl groups excluding tert-OH is 1. The first kappa shape index (κ1) is 40.8. The molecule has 0 amide bonds. The van der Waals surface area contributed by atoms with Crippen molar-refractivity contribution in [1.29, 1.82) is 0 Å². The second-order valence-corrected chi connectivity index (χ2v) is 18.5. The lowest BCUT2D eigenvalue weighted by Crippen LogP contribution is -2.33. The van der Waals surface area contributed by atoms with Gasteiger partial charge in [-0.25, -0.2) is 27.3 Å². The number of phosphoric acid groups is 4. The van der Waals surface area contributed by atoms with Gasteiger partial charge in [0.25, 0.3) is 29.0 Å². The zero-order valence-electron chi connectivity index (χ0n) is 26.4. The number of ether oxygens (including phenoxy) is 1. The fourth-order valence-electron chi connectivity index (χ4n) is 5.28. The van der Waals surface area contributed by atoms with Crippen molar-refractivity contribution < 1.29 is 74.5 Å². The van der Waals surface area contributed by atoms with Crippen molar-refractivity contribution in [2.75, 3.05) is 6.61 Å². The summed E-state index contributed by atoms with van der Waals surface area (Å²) in [5.74, 6) is -1.19. The molecule has 0 spiro atoms. The number of aromatic amines is 1. The zero-order valence-corrected chi connectivity index (χ0v) is 31.5. The number of aryl methyl sites for hydroxylation is 1. The van der Waals surface area contributed by atoms with Gasteiger partial charge in [-0.3, -0.25) is 37.7 Å². The molecule has 0 radical (unpaired) electrons. The van der Waals surface area contributed by atoms with Crippen LogP contribution < -0.4 is 30.5 Å². The number of phosphoric ester groups is 2. The summed E-state index contributed by atoms with van der Waals surface area (Å²) in [6.07, 6.45) is -2.07. The van der Waals surface area contributed by atoms with Gasteiger partial charge in [-0.05, 0) is 36.8 Å². The average Bonchev–Trinajstić information content (AvgIpc) is 3.34. The smallest absolute Gasteiger partial charge is 0.534 e. The molecule has 1 fully saturated rings. The molecule has 1 aromatic carbocycles. The number of nitrogens with zero attached hydrogens (tertiary/aromatic N) is 2. The number of halogens is 2. The number of aromatic nitrogens is 2. The highest BCUT2D eigenvalue weighted by atomic mass is 35.5. The van der Waals surface area contributed by atoms with Crippen LogP contribution >= 0.6 is 54.5 Å². The molecule has 0 bridgehead atoms. The van der Waals surface area contributed by atoms with Gasteiger partial charge >= 0.3 is 13.5 Å². The number of rotatable bonds is 12.